The normalized spacial score (nSPS) is 15.6. The standard InChI is InChI=1S/C22H16ClNO2/c23-19-11-5-3-9-17(19)22-16-8-2-1-7-15(16)13-24(21(26)14-25)20-12-6-4-10-18(20)22/h1-12,14,22H,13H2. The second-order valence-corrected chi connectivity index (χ2v) is 6.66. The molecule has 1 heterocycles. The molecular weight excluding hydrogens is 346 g/mol. The lowest BCUT2D eigenvalue weighted by molar-refractivity contribution is -0.129. The minimum Gasteiger partial charge on any atom is -0.301 e. The van der Waals surface area contributed by atoms with Gasteiger partial charge in [-0.25, -0.2) is 0 Å². The number of hydrogen-bond acceptors (Lipinski definition) is 2. The lowest BCUT2D eigenvalue weighted by Crippen LogP contribution is -2.31. The van der Waals surface area contributed by atoms with Gasteiger partial charge in [-0.2, -0.15) is 0 Å². The Kier molecular flexibility index (Phi) is 4.31. The number of carbonyl (C=O) groups is 2. The van der Waals surface area contributed by atoms with Crippen LogP contribution in [0.25, 0.3) is 0 Å². The first-order chi connectivity index (χ1) is 12.7. The summed E-state index contributed by atoms with van der Waals surface area (Å²) < 4.78 is 0. The number of amides is 1. The third kappa shape index (κ3) is 2.71. The lowest BCUT2D eigenvalue weighted by Gasteiger charge is -2.23. The van der Waals surface area contributed by atoms with E-state index in [9.17, 15) is 9.59 Å². The monoisotopic (exact) mass is 361 g/mol. The number of aldehydes is 1. The van der Waals surface area contributed by atoms with E-state index in [0.29, 0.717) is 17.9 Å². The van der Waals surface area contributed by atoms with E-state index in [2.05, 4.69) is 6.07 Å². The minimum absolute atomic E-state index is 0.111. The quantitative estimate of drug-likeness (QED) is 0.495. The Morgan fingerprint density at radius 1 is 0.885 bits per heavy atom. The molecule has 1 amide bonds. The number of nitrogens with zero attached hydrogens (tertiary/aromatic N) is 1. The van der Waals surface area contributed by atoms with Crippen molar-refractivity contribution in [1.82, 2.24) is 0 Å². The fourth-order valence-corrected chi connectivity index (χ4v) is 3.91. The van der Waals surface area contributed by atoms with Crippen molar-refractivity contribution < 1.29 is 9.59 Å². The first-order valence-electron chi connectivity index (χ1n) is 8.38. The zero-order valence-electron chi connectivity index (χ0n) is 13.9. The predicted octanol–water partition coefficient (Wildman–Crippen LogP) is 4.57. The molecule has 0 saturated heterocycles. The molecule has 128 valence electrons. The zero-order valence-corrected chi connectivity index (χ0v) is 14.7. The number of anilines is 1. The zero-order chi connectivity index (χ0) is 18.1. The van der Waals surface area contributed by atoms with E-state index in [0.717, 1.165) is 27.9 Å². The molecule has 1 atom stereocenters. The molecule has 3 nitrogen and oxygen atoms in total. The molecule has 1 aliphatic rings. The molecule has 3 aromatic carbocycles. The van der Waals surface area contributed by atoms with Gasteiger partial charge in [-0.3, -0.25) is 9.59 Å². The molecule has 1 aliphatic heterocycles. The van der Waals surface area contributed by atoms with Crippen LogP contribution in [0.2, 0.25) is 5.02 Å². The Labute approximate surface area is 156 Å². The molecule has 1 unspecified atom stereocenters. The SMILES string of the molecule is O=CC(=O)N1Cc2ccccc2C(c2ccccc2Cl)c2ccccc21. The van der Waals surface area contributed by atoms with E-state index in [1.54, 1.807) is 0 Å². The van der Waals surface area contributed by atoms with Crippen LogP contribution in [0.1, 0.15) is 28.2 Å². The van der Waals surface area contributed by atoms with Crippen LogP contribution in [0.15, 0.2) is 72.8 Å². The molecule has 0 bridgehead atoms. The summed E-state index contributed by atoms with van der Waals surface area (Å²) in [6, 6.07) is 23.5. The summed E-state index contributed by atoms with van der Waals surface area (Å²) in [5.41, 5.74) is 4.78. The van der Waals surface area contributed by atoms with Gasteiger partial charge in [-0.05, 0) is 34.4 Å². The third-order valence-electron chi connectivity index (χ3n) is 4.82. The summed E-state index contributed by atoms with van der Waals surface area (Å²) in [6.07, 6.45) is 0.370. The average molecular weight is 362 g/mol. The van der Waals surface area contributed by atoms with E-state index in [1.807, 2.05) is 66.7 Å². The Balaban J connectivity index is 2.04. The van der Waals surface area contributed by atoms with Crippen molar-refractivity contribution in [3.8, 4) is 0 Å². The highest BCUT2D eigenvalue weighted by Gasteiger charge is 2.31. The molecule has 0 N–H and O–H groups in total. The molecule has 3 aromatic rings. The first-order valence-corrected chi connectivity index (χ1v) is 8.76. The van der Waals surface area contributed by atoms with Gasteiger partial charge in [-0.15, -0.1) is 0 Å². The summed E-state index contributed by atoms with van der Waals surface area (Å²) in [7, 11) is 0. The van der Waals surface area contributed by atoms with Crippen LogP contribution in [-0.4, -0.2) is 12.2 Å². The van der Waals surface area contributed by atoms with Gasteiger partial charge in [0.05, 0.1) is 6.54 Å². The molecular formula is C22H16ClNO2. The van der Waals surface area contributed by atoms with Gasteiger partial charge in [0.1, 0.15) is 0 Å². The molecule has 0 spiro atoms. The van der Waals surface area contributed by atoms with Crippen LogP contribution < -0.4 is 4.90 Å². The van der Waals surface area contributed by atoms with Crippen molar-refractivity contribution in [2.75, 3.05) is 4.90 Å². The Morgan fingerprint density at radius 2 is 1.50 bits per heavy atom. The topological polar surface area (TPSA) is 37.4 Å². The van der Waals surface area contributed by atoms with Crippen molar-refractivity contribution in [3.05, 3.63) is 100 Å². The Bertz CT molecular complexity index is 999. The maximum absolute atomic E-state index is 12.3. The number of halogens is 1. The van der Waals surface area contributed by atoms with Gasteiger partial charge < -0.3 is 4.90 Å². The van der Waals surface area contributed by atoms with E-state index >= 15 is 0 Å². The molecule has 0 aliphatic carbocycles. The first kappa shape index (κ1) is 16.6. The molecule has 26 heavy (non-hydrogen) atoms. The average Bonchev–Trinajstić information content (AvgIpc) is 2.82. The fraction of sp³-hybridized carbons (Fsp3) is 0.0909. The van der Waals surface area contributed by atoms with Crippen LogP contribution in [0.5, 0.6) is 0 Å². The third-order valence-corrected chi connectivity index (χ3v) is 5.16. The highest BCUT2D eigenvalue weighted by molar-refractivity contribution is 6.31. The second-order valence-electron chi connectivity index (χ2n) is 6.25. The van der Waals surface area contributed by atoms with Crippen LogP contribution in [0, 0.1) is 0 Å². The molecule has 0 fully saturated rings. The lowest BCUT2D eigenvalue weighted by atomic mass is 9.83. The molecule has 4 rings (SSSR count). The highest BCUT2D eigenvalue weighted by atomic mass is 35.5. The van der Waals surface area contributed by atoms with Gasteiger partial charge in [0.25, 0.3) is 5.91 Å². The Hall–Kier alpha value is -2.91. The van der Waals surface area contributed by atoms with E-state index < -0.39 is 5.91 Å². The summed E-state index contributed by atoms with van der Waals surface area (Å²) in [6.45, 7) is 0.353. The second kappa shape index (κ2) is 6.77. The van der Waals surface area contributed by atoms with E-state index in [4.69, 9.17) is 11.6 Å². The van der Waals surface area contributed by atoms with Gasteiger partial charge >= 0.3 is 0 Å². The van der Waals surface area contributed by atoms with Gasteiger partial charge in [0, 0.05) is 16.6 Å². The molecule has 0 aromatic heterocycles. The summed E-state index contributed by atoms with van der Waals surface area (Å²) >= 11 is 6.53. The molecule has 0 saturated carbocycles. The number of rotatable bonds is 2. The maximum Gasteiger partial charge on any atom is 0.291 e. The van der Waals surface area contributed by atoms with Crippen LogP contribution in [-0.2, 0) is 16.1 Å². The van der Waals surface area contributed by atoms with Crippen LogP contribution in [0.4, 0.5) is 5.69 Å². The number of fused-ring (bicyclic) bond motifs is 2. The number of benzene rings is 3. The predicted molar refractivity (Wildman–Crippen MR) is 103 cm³/mol. The van der Waals surface area contributed by atoms with Crippen molar-refractivity contribution >= 4 is 29.5 Å². The number of carbonyl (C=O) groups excluding carboxylic acids is 2. The number of para-hydroxylation sites is 1. The Morgan fingerprint density at radius 3 is 2.23 bits per heavy atom. The van der Waals surface area contributed by atoms with Crippen LogP contribution in [0.3, 0.4) is 0 Å². The van der Waals surface area contributed by atoms with Gasteiger partial charge in [-0.1, -0.05) is 72.3 Å². The molecule has 4 heteroatoms. The van der Waals surface area contributed by atoms with E-state index in [-0.39, 0.29) is 5.92 Å². The largest absolute Gasteiger partial charge is 0.301 e. The van der Waals surface area contributed by atoms with Crippen molar-refractivity contribution in [1.29, 1.82) is 0 Å². The van der Waals surface area contributed by atoms with Crippen molar-refractivity contribution in [3.63, 3.8) is 0 Å². The summed E-state index contributed by atoms with van der Waals surface area (Å²) in [5.74, 6) is -0.660. The van der Waals surface area contributed by atoms with Crippen LogP contribution >= 0.6 is 11.6 Å². The van der Waals surface area contributed by atoms with Crippen molar-refractivity contribution in [2.24, 2.45) is 0 Å². The highest BCUT2D eigenvalue weighted by Crippen LogP contribution is 2.44. The smallest absolute Gasteiger partial charge is 0.291 e. The van der Waals surface area contributed by atoms with Crippen molar-refractivity contribution in [2.45, 2.75) is 12.5 Å². The summed E-state index contributed by atoms with van der Waals surface area (Å²) in [4.78, 5) is 25.1. The minimum atomic E-state index is -0.549. The molecule has 0 radical (unpaired) electrons. The van der Waals surface area contributed by atoms with Gasteiger partial charge in [0.2, 0.25) is 6.29 Å². The van der Waals surface area contributed by atoms with Gasteiger partial charge in [0.15, 0.2) is 0 Å². The number of hydrogen-bond donors (Lipinski definition) is 0. The maximum atomic E-state index is 12.3. The fourth-order valence-electron chi connectivity index (χ4n) is 3.66. The summed E-state index contributed by atoms with van der Waals surface area (Å²) in [5, 5.41) is 0.678. The van der Waals surface area contributed by atoms with E-state index in [1.165, 1.54) is 4.90 Å².